The topological polar surface area (TPSA) is 138 Å². The highest BCUT2D eigenvalue weighted by Gasteiger charge is 2.24. The van der Waals surface area contributed by atoms with Gasteiger partial charge in [-0.3, -0.25) is 10.1 Å². The second-order valence-electron chi connectivity index (χ2n) is 6.29. The zero-order valence-electron chi connectivity index (χ0n) is 17.6. The zero-order valence-corrected chi connectivity index (χ0v) is 17.6. The Labute approximate surface area is 183 Å². The van der Waals surface area contributed by atoms with Crippen molar-refractivity contribution in [2.24, 2.45) is 0 Å². The van der Waals surface area contributed by atoms with Gasteiger partial charge < -0.3 is 24.8 Å². The first-order chi connectivity index (χ1) is 15.5. The summed E-state index contributed by atoms with van der Waals surface area (Å²) in [4.78, 5) is 31.3. The Kier molecular flexibility index (Phi) is 7.01. The van der Waals surface area contributed by atoms with Crippen LogP contribution in [-0.4, -0.2) is 41.7 Å². The van der Waals surface area contributed by atoms with E-state index in [-0.39, 0.29) is 23.9 Å². The largest absolute Gasteiger partial charge is 0.497 e. The van der Waals surface area contributed by atoms with Gasteiger partial charge >= 0.3 is 11.7 Å². The summed E-state index contributed by atoms with van der Waals surface area (Å²) in [6, 6.07) is 11.3. The predicted molar refractivity (Wildman–Crippen MR) is 117 cm³/mol. The van der Waals surface area contributed by atoms with Gasteiger partial charge in [0.1, 0.15) is 17.8 Å². The van der Waals surface area contributed by atoms with Crippen molar-refractivity contribution in [1.29, 1.82) is 0 Å². The molecular formula is C21H21N5O6. The molecule has 0 spiro atoms. The third-order valence-electron chi connectivity index (χ3n) is 4.30. The van der Waals surface area contributed by atoms with Crippen LogP contribution in [0.1, 0.15) is 17.3 Å². The van der Waals surface area contributed by atoms with Gasteiger partial charge in [0.2, 0.25) is 11.6 Å². The number of carbonyl (C=O) groups is 1. The Morgan fingerprint density at radius 2 is 1.81 bits per heavy atom. The van der Waals surface area contributed by atoms with E-state index in [0.29, 0.717) is 28.4 Å². The number of ether oxygens (including phenoxy) is 3. The van der Waals surface area contributed by atoms with Crippen LogP contribution in [0.15, 0.2) is 48.8 Å². The van der Waals surface area contributed by atoms with E-state index in [4.69, 9.17) is 14.2 Å². The Morgan fingerprint density at radius 3 is 2.47 bits per heavy atom. The van der Waals surface area contributed by atoms with Gasteiger partial charge in [-0.25, -0.2) is 14.8 Å². The van der Waals surface area contributed by atoms with Crippen LogP contribution in [0.25, 0.3) is 0 Å². The highest BCUT2D eigenvalue weighted by molar-refractivity contribution is 5.91. The molecule has 0 saturated heterocycles. The number of nitrogens with one attached hydrogen (secondary N) is 2. The van der Waals surface area contributed by atoms with E-state index in [1.165, 1.54) is 26.6 Å². The number of carbonyl (C=O) groups excluding carboxylic acids is 1. The van der Waals surface area contributed by atoms with Crippen LogP contribution in [0, 0.1) is 10.1 Å². The second kappa shape index (κ2) is 10.1. The maximum absolute atomic E-state index is 12.0. The van der Waals surface area contributed by atoms with Gasteiger partial charge in [-0.15, -0.1) is 0 Å². The lowest BCUT2D eigenvalue weighted by molar-refractivity contribution is -0.383. The number of anilines is 4. The molecule has 0 fully saturated rings. The van der Waals surface area contributed by atoms with Gasteiger partial charge in [-0.2, -0.15) is 0 Å². The molecule has 2 N–H and O–H groups in total. The normalized spacial score (nSPS) is 10.2. The van der Waals surface area contributed by atoms with Crippen molar-refractivity contribution in [3.63, 3.8) is 0 Å². The molecule has 11 nitrogen and oxygen atoms in total. The number of hydrogen-bond donors (Lipinski definition) is 2. The first-order valence-corrected chi connectivity index (χ1v) is 9.49. The monoisotopic (exact) mass is 439 g/mol. The summed E-state index contributed by atoms with van der Waals surface area (Å²) in [5.41, 5.74) is 0.789. The maximum Gasteiger partial charge on any atom is 0.353 e. The summed E-state index contributed by atoms with van der Waals surface area (Å²) in [7, 11) is 2.99. The Balaban J connectivity index is 1.95. The Hall–Kier alpha value is -4.41. The number of methoxy groups -OCH3 is 2. The predicted octanol–water partition coefficient (Wildman–Crippen LogP) is 4.07. The molecule has 3 aromatic rings. The van der Waals surface area contributed by atoms with Crippen LogP contribution in [-0.2, 0) is 4.74 Å². The van der Waals surface area contributed by atoms with Crippen LogP contribution in [0.4, 0.5) is 28.7 Å². The van der Waals surface area contributed by atoms with Gasteiger partial charge in [0.25, 0.3) is 0 Å². The number of aromatic nitrogens is 2. The fourth-order valence-corrected chi connectivity index (χ4v) is 2.84. The molecule has 3 rings (SSSR count). The number of nitro groups is 1. The average molecular weight is 439 g/mol. The third-order valence-corrected chi connectivity index (χ3v) is 4.30. The standard InChI is InChI=1S/C21H21N5O6/c1-4-32-21(27)13-6-5-7-14(10-13)24-19-18(26(28)29)20(23-12-22-19)25-16-9-8-15(30-2)11-17(16)31-3/h5-12H,4H2,1-3H3,(H2,22,23,24,25). The highest BCUT2D eigenvalue weighted by atomic mass is 16.6. The lowest BCUT2D eigenvalue weighted by atomic mass is 10.2. The van der Waals surface area contributed by atoms with Gasteiger partial charge in [0.05, 0.1) is 37.0 Å². The van der Waals surface area contributed by atoms with Gasteiger partial charge in [0.15, 0.2) is 0 Å². The van der Waals surface area contributed by atoms with Crippen molar-refractivity contribution in [3.8, 4) is 11.5 Å². The Bertz CT molecular complexity index is 1140. The lowest BCUT2D eigenvalue weighted by Gasteiger charge is -2.13. The Morgan fingerprint density at radius 1 is 1.06 bits per heavy atom. The summed E-state index contributed by atoms with van der Waals surface area (Å²) < 4.78 is 15.5. The minimum absolute atomic E-state index is 0.0440. The van der Waals surface area contributed by atoms with Crippen LogP contribution in [0.3, 0.4) is 0 Å². The summed E-state index contributed by atoms with van der Waals surface area (Å²) in [5.74, 6) is 0.378. The van der Waals surface area contributed by atoms with Crippen LogP contribution >= 0.6 is 0 Å². The van der Waals surface area contributed by atoms with E-state index in [0.717, 1.165) is 0 Å². The van der Waals surface area contributed by atoms with E-state index in [9.17, 15) is 14.9 Å². The van der Waals surface area contributed by atoms with E-state index < -0.39 is 10.9 Å². The van der Waals surface area contributed by atoms with Gasteiger partial charge in [0, 0.05) is 11.8 Å². The minimum atomic E-state index is -0.601. The van der Waals surface area contributed by atoms with Crippen molar-refractivity contribution in [2.45, 2.75) is 6.92 Å². The fourth-order valence-electron chi connectivity index (χ4n) is 2.84. The number of benzene rings is 2. The summed E-state index contributed by atoms with van der Waals surface area (Å²) in [6.45, 7) is 1.94. The first-order valence-electron chi connectivity index (χ1n) is 9.49. The number of rotatable bonds is 9. The molecule has 2 aromatic carbocycles. The highest BCUT2D eigenvalue weighted by Crippen LogP contribution is 2.36. The minimum Gasteiger partial charge on any atom is -0.497 e. The van der Waals surface area contributed by atoms with Crippen molar-refractivity contribution in [2.75, 3.05) is 31.5 Å². The fraction of sp³-hybridized carbons (Fsp3) is 0.190. The van der Waals surface area contributed by atoms with Crippen LogP contribution < -0.4 is 20.1 Å². The molecule has 1 heterocycles. The van der Waals surface area contributed by atoms with Crippen LogP contribution in [0.5, 0.6) is 11.5 Å². The first kappa shape index (κ1) is 22.3. The lowest BCUT2D eigenvalue weighted by Crippen LogP contribution is -2.07. The molecule has 0 radical (unpaired) electrons. The van der Waals surface area contributed by atoms with Crippen molar-refractivity contribution in [3.05, 3.63) is 64.5 Å². The quantitative estimate of drug-likeness (QED) is 0.285. The summed E-state index contributed by atoms with van der Waals surface area (Å²) in [5, 5.41) is 17.6. The average Bonchev–Trinajstić information content (AvgIpc) is 2.79. The molecular weight excluding hydrogens is 418 g/mol. The molecule has 0 aliphatic carbocycles. The molecule has 0 saturated carbocycles. The molecule has 0 aliphatic heterocycles. The molecule has 0 atom stereocenters. The van der Waals surface area contributed by atoms with Crippen LogP contribution in [0.2, 0.25) is 0 Å². The molecule has 32 heavy (non-hydrogen) atoms. The molecule has 11 heteroatoms. The molecule has 166 valence electrons. The van der Waals surface area contributed by atoms with Gasteiger partial charge in [-0.1, -0.05) is 6.07 Å². The molecule has 0 amide bonds. The number of nitrogens with zero attached hydrogens (tertiary/aromatic N) is 3. The second-order valence-corrected chi connectivity index (χ2v) is 6.29. The van der Waals surface area contributed by atoms with Crippen molar-refractivity contribution in [1.82, 2.24) is 9.97 Å². The molecule has 1 aromatic heterocycles. The number of esters is 1. The molecule has 0 bridgehead atoms. The van der Waals surface area contributed by atoms with E-state index >= 15 is 0 Å². The third kappa shape index (κ3) is 5.01. The number of hydrogen-bond acceptors (Lipinski definition) is 10. The molecule has 0 aliphatic rings. The van der Waals surface area contributed by atoms with E-state index in [2.05, 4.69) is 20.6 Å². The zero-order chi connectivity index (χ0) is 23.1. The van der Waals surface area contributed by atoms with E-state index in [1.54, 1.807) is 43.3 Å². The van der Waals surface area contributed by atoms with Crippen molar-refractivity contribution >= 4 is 34.7 Å². The smallest absolute Gasteiger partial charge is 0.353 e. The van der Waals surface area contributed by atoms with Crippen molar-refractivity contribution < 1.29 is 23.9 Å². The summed E-state index contributed by atoms with van der Waals surface area (Å²) in [6.07, 6.45) is 1.18. The van der Waals surface area contributed by atoms with Gasteiger partial charge in [-0.05, 0) is 37.3 Å². The SMILES string of the molecule is CCOC(=O)c1cccc(Nc2ncnc(Nc3ccc(OC)cc3OC)c2[N+](=O)[O-])c1. The maximum atomic E-state index is 12.0. The summed E-state index contributed by atoms with van der Waals surface area (Å²) >= 11 is 0. The van der Waals surface area contributed by atoms with E-state index in [1.807, 2.05) is 0 Å². The molecule has 0 unspecified atom stereocenters.